The van der Waals surface area contributed by atoms with Crippen LogP contribution in [0.25, 0.3) is 6.08 Å². The average molecular weight is 439 g/mol. The van der Waals surface area contributed by atoms with Gasteiger partial charge in [-0.1, -0.05) is 85.5 Å². The highest BCUT2D eigenvalue weighted by atomic mass is 32.2. The van der Waals surface area contributed by atoms with Gasteiger partial charge in [-0.05, 0) is 35.6 Å². The van der Waals surface area contributed by atoms with Gasteiger partial charge in [-0.2, -0.15) is 0 Å². The number of nitrogens with zero attached hydrogens (tertiary/aromatic N) is 2. The molecule has 1 heterocycles. The topological polar surface area (TPSA) is 40.6 Å². The predicted molar refractivity (Wildman–Crippen MR) is 128 cm³/mol. The number of benzene rings is 2. The van der Waals surface area contributed by atoms with Gasteiger partial charge in [0, 0.05) is 26.6 Å². The van der Waals surface area contributed by atoms with Crippen LogP contribution < -0.4 is 0 Å². The number of rotatable bonds is 8. The van der Waals surface area contributed by atoms with E-state index in [4.69, 9.17) is 12.2 Å². The summed E-state index contributed by atoms with van der Waals surface area (Å²) in [4.78, 5) is 29.1. The Morgan fingerprint density at radius 3 is 2.47 bits per heavy atom. The molecule has 1 fully saturated rings. The Kier molecular flexibility index (Phi) is 7.82. The van der Waals surface area contributed by atoms with E-state index in [2.05, 4.69) is 19.1 Å². The van der Waals surface area contributed by atoms with Gasteiger partial charge in [0.1, 0.15) is 4.32 Å². The smallest absolute Gasteiger partial charge is 0.266 e. The number of aryl methyl sites for hydroxylation is 1. The van der Waals surface area contributed by atoms with E-state index in [1.165, 1.54) is 17.3 Å². The fourth-order valence-electron chi connectivity index (χ4n) is 3.22. The largest absolute Gasteiger partial charge is 0.341 e. The van der Waals surface area contributed by atoms with Crippen LogP contribution >= 0.6 is 24.0 Å². The molecule has 0 aromatic heterocycles. The minimum Gasteiger partial charge on any atom is -0.341 e. The summed E-state index contributed by atoms with van der Waals surface area (Å²) in [5.74, 6) is -0.00879. The first-order valence-corrected chi connectivity index (χ1v) is 11.3. The zero-order valence-corrected chi connectivity index (χ0v) is 19.0. The first-order chi connectivity index (χ1) is 14.5. The summed E-state index contributed by atoms with van der Waals surface area (Å²) in [6.45, 7) is 3.16. The Balaban J connectivity index is 1.51. The van der Waals surface area contributed by atoms with E-state index >= 15 is 0 Å². The maximum absolute atomic E-state index is 12.7. The predicted octanol–water partition coefficient (Wildman–Crippen LogP) is 4.89. The van der Waals surface area contributed by atoms with Crippen LogP contribution in [0, 0.1) is 0 Å². The molecule has 0 saturated carbocycles. The van der Waals surface area contributed by atoms with Crippen LogP contribution in [-0.4, -0.2) is 39.5 Å². The highest BCUT2D eigenvalue weighted by molar-refractivity contribution is 8.26. The Bertz CT molecular complexity index is 939. The number of hydrogen-bond donors (Lipinski definition) is 0. The second-order valence-electron chi connectivity index (χ2n) is 7.27. The maximum Gasteiger partial charge on any atom is 0.266 e. The summed E-state index contributed by atoms with van der Waals surface area (Å²) in [5, 5.41) is 0. The molecule has 3 rings (SSSR count). The van der Waals surface area contributed by atoms with Gasteiger partial charge in [-0.25, -0.2) is 0 Å². The lowest BCUT2D eigenvalue weighted by Gasteiger charge is -2.19. The number of carbonyl (C=O) groups is 2. The molecule has 2 aromatic rings. The quantitative estimate of drug-likeness (QED) is 0.435. The zero-order valence-electron chi connectivity index (χ0n) is 17.3. The third-order valence-electron chi connectivity index (χ3n) is 5.02. The summed E-state index contributed by atoms with van der Waals surface area (Å²) >= 11 is 6.73. The molecule has 30 heavy (non-hydrogen) atoms. The third-order valence-corrected chi connectivity index (χ3v) is 6.40. The molecule has 1 aliphatic heterocycles. The average Bonchev–Trinajstić information content (AvgIpc) is 3.02. The number of thiocarbonyl (C=S) groups is 1. The molecule has 0 N–H and O–H groups in total. The van der Waals surface area contributed by atoms with Crippen molar-refractivity contribution in [1.82, 2.24) is 9.80 Å². The molecule has 0 radical (unpaired) electrons. The Morgan fingerprint density at radius 2 is 1.80 bits per heavy atom. The molecular weight excluding hydrogens is 412 g/mol. The van der Waals surface area contributed by atoms with Crippen molar-refractivity contribution in [2.24, 2.45) is 0 Å². The van der Waals surface area contributed by atoms with E-state index in [1.54, 1.807) is 9.80 Å². The molecule has 2 aromatic carbocycles. The van der Waals surface area contributed by atoms with Gasteiger partial charge in [0.2, 0.25) is 5.91 Å². The molecule has 4 nitrogen and oxygen atoms in total. The first-order valence-electron chi connectivity index (χ1n) is 10.1. The second kappa shape index (κ2) is 10.5. The van der Waals surface area contributed by atoms with Crippen LogP contribution in [0.15, 0.2) is 59.5 Å². The SMILES string of the molecule is CCc1ccc(/C=C2\SC(=S)N(CCCC(=O)N(C)Cc3ccccc3)C2=O)cc1. The number of hydrogen-bond acceptors (Lipinski definition) is 4. The highest BCUT2D eigenvalue weighted by Crippen LogP contribution is 2.32. The van der Waals surface area contributed by atoms with E-state index in [1.807, 2.05) is 55.6 Å². The Hall–Kier alpha value is -2.44. The summed E-state index contributed by atoms with van der Waals surface area (Å²) in [7, 11) is 1.81. The zero-order chi connectivity index (χ0) is 21.5. The maximum atomic E-state index is 12.7. The molecule has 2 amide bonds. The lowest BCUT2D eigenvalue weighted by atomic mass is 10.1. The van der Waals surface area contributed by atoms with Crippen LogP contribution in [0.2, 0.25) is 0 Å². The van der Waals surface area contributed by atoms with Gasteiger partial charge >= 0.3 is 0 Å². The molecule has 1 aliphatic rings. The molecule has 1 saturated heterocycles. The van der Waals surface area contributed by atoms with Crippen molar-refractivity contribution in [2.75, 3.05) is 13.6 Å². The van der Waals surface area contributed by atoms with Gasteiger partial charge in [-0.3, -0.25) is 14.5 Å². The second-order valence-corrected chi connectivity index (χ2v) is 8.94. The lowest BCUT2D eigenvalue weighted by molar-refractivity contribution is -0.131. The van der Waals surface area contributed by atoms with E-state index in [0.29, 0.717) is 35.2 Å². The molecule has 0 unspecified atom stereocenters. The standard InChI is InChI=1S/C24H26N2O2S2/c1-3-18-11-13-19(14-12-18)16-21-23(28)26(24(29)30-21)15-7-10-22(27)25(2)17-20-8-5-4-6-9-20/h4-6,8-9,11-14,16H,3,7,10,15,17H2,1-2H3/b21-16-. The normalized spacial score (nSPS) is 15.1. The molecule has 0 spiro atoms. The summed E-state index contributed by atoms with van der Waals surface area (Å²) in [6, 6.07) is 18.1. The van der Waals surface area contributed by atoms with Gasteiger partial charge in [0.15, 0.2) is 0 Å². The molecule has 0 bridgehead atoms. The van der Waals surface area contributed by atoms with Crippen molar-refractivity contribution >= 4 is 46.2 Å². The number of carbonyl (C=O) groups excluding carboxylic acids is 2. The minimum absolute atomic E-state index is 0.0656. The van der Waals surface area contributed by atoms with Crippen molar-refractivity contribution < 1.29 is 9.59 Å². The van der Waals surface area contributed by atoms with E-state index in [0.717, 1.165) is 17.5 Å². The van der Waals surface area contributed by atoms with Gasteiger partial charge < -0.3 is 4.90 Å². The molecule has 6 heteroatoms. The summed E-state index contributed by atoms with van der Waals surface area (Å²) < 4.78 is 0.557. The first kappa shape index (κ1) is 22.2. The van der Waals surface area contributed by atoms with Crippen molar-refractivity contribution in [2.45, 2.75) is 32.7 Å². The molecule has 0 atom stereocenters. The van der Waals surface area contributed by atoms with Crippen LogP contribution in [-0.2, 0) is 22.6 Å². The van der Waals surface area contributed by atoms with Crippen LogP contribution in [0.4, 0.5) is 0 Å². The lowest BCUT2D eigenvalue weighted by Crippen LogP contribution is -2.31. The van der Waals surface area contributed by atoms with Gasteiger partial charge in [0.05, 0.1) is 4.91 Å². The molecular formula is C24H26N2O2S2. The van der Waals surface area contributed by atoms with Gasteiger partial charge in [0.25, 0.3) is 5.91 Å². The van der Waals surface area contributed by atoms with E-state index < -0.39 is 0 Å². The molecule has 156 valence electrons. The number of amides is 2. The fraction of sp³-hybridized carbons (Fsp3) is 0.292. The van der Waals surface area contributed by atoms with Crippen LogP contribution in [0.3, 0.4) is 0 Å². The van der Waals surface area contributed by atoms with E-state index in [9.17, 15) is 9.59 Å². The third kappa shape index (κ3) is 5.80. The Labute approximate surface area is 187 Å². The van der Waals surface area contributed by atoms with Crippen LogP contribution in [0.5, 0.6) is 0 Å². The van der Waals surface area contributed by atoms with Crippen molar-refractivity contribution in [3.8, 4) is 0 Å². The number of thioether (sulfide) groups is 1. The fourth-order valence-corrected chi connectivity index (χ4v) is 4.53. The van der Waals surface area contributed by atoms with Gasteiger partial charge in [-0.15, -0.1) is 0 Å². The van der Waals surface area contributed by atoms with E-state index in [-0.39, 0.29) is 11.8 Å². The van der Waals surface area contributed by atoms with Crippen molar-refractivity contribution in [3.05, 3.63) is 76.2 Å². The molecule has 0 aliphatic carbocycles. The monoisotopic (exact) mass is 438 g/mol. The highest BCUT2D eigenvalue weighted by Gasteiger charge is 2.31. The summed E-state index contributed by atoms with van der Waals surface area (Å²) in [5.41, 5.74) is 3.36. The van der Waals surface area contributed by atoms with Crippen LogP contribution in [0.1, 0.15) is 36.5 Å². The van der Waals surface area contributed by atoms with Crippen molar-refractivity contribution in [3.63, 3.8) is 0 Å². The minimum atomic E-state index is -0.0744. The van der Waals surface area contributed by atoms with Crippen molar-refractivity contribution in [1.29, 1.82) is 0 Å². The Morgan fingerprint density at radius 1 is 1.10 bits per heavy atom. The summed E-state index contributed by atoms with van der Waals surface area (Å²) in [6.07, 6.45) is 3.85.